The molecule has 0 saturated heterocycles. The topological polar surface area (TPSA) is 58.6 Å². The van der Waals surface area contributed by atoms with Gasteiger partial charge in [0.2, 0.25) is 5.91 Å². The molecule has 1 aliphatic carbocycles. The maximum absolute atomic E-state index is 12.3. The van der Waals surface area contributed by atoms with Crippen molar-refractivity contribution in [1.29, 1.82) is 0 Å². The van der Waals surface area contributed by atoms with Crippen LogP contribution in [0, 0.1) is 19.8 Å². The molecule has 2 aromatic carbocycles. The van der Waals surface area contributed by atoms with Gasteiger partial charge in [-0.15, -0.1) is 0 Å². The minimum absolute atomic E-state index is 0.00269. The summed E-state index contributed by atoms with van der Waals surface area (Å²) in [5.74, 6) is 1.09. The molecular weight excluding hydrogens is 394 g/mol. The molecule has 3 unspecified atom stereocenters. The number of aliphatic hydroxyl groups excluding tert-OH is 1. The van der Waals surface area contributed by atoms with E-state index in [9.17, 15) is 9.90 Å². The molecule has 1 amide bonds. The Kier molecular flexibility index (Phi) is 5.99. The molecule has 5 heteroatoms. The van der Waals surface area contributed by atoms with Crippen LogP contribution in [0.3, 0.4) is 0 Å². The quantitative estimate of drug-likeness (QED) is 0.721. The molecule has 0 aliphatic heterocycles. The van der Waals surface area contributed by atoms with E-state index < -0.39 is 6.10 Å². The fourth-order valence-electron chi connectivity index (χ4n) is 3.18. The van der Waals surface area contributed by atoms with E-state index in [1.165, 1.54) is 5.56 Å². The standard InChI is InChI=1S/C21H24BrNO3/c1-13-4-3-5-14(2)20(13)26-12-17(24)11-23-21(25)19-10-18(19)15-6-8-16(22)9-7-15/h3-9,17-19,24H,10-12H2,1-2H3,(H,23,25). The van der Waals surface area contributed by atoms with Crippen LogP contribution in [0.25, 0.3) is 0 Å². The van der Waals surface area contributed by atoms with Crippen LogP contribution in [-0.2, 0) is 4.79 Å². The van der Waals surface area contributed by atoms with Crippen LogP contribution in [0.5, 0.6) is 5.75 Å². The number of rotatable bonds is 7. The highest BCUT2D eigenvalue weighted by Gasteiger charge is 2.43. The van der Waals surface area contributed by atoms with Crippen molar-refractivity contribution in [2.75, 3.05) is 13.2 Å². The van der Waals surface area contributed by atoms with Gasteiger partial charge in [-0.3, -0.25) is 4.79 Å². The lowest BCUT2D eigenvalue weighted by atomic mass is 10.1. The average molecular weight is 418 g/mol. The molecule has 1 fully saturated rings. The molecule has 3 atom stereocenters. The summed E-state index contributed by atoms with van der Waals surface area (Å²) in [7, 11) is 0. The van der Waals surface area contributed by atoms with Crippen LogP contribution in [0.4, 0.5) is 0 Å². The fraction of sp³-hybridized carbons (Fsp3) is 0.381. The second-order valence-electron chi connectivity index (χ2n) is 6.93. The van der Waals surface area contributed by atoms with Gasteiger partial charge in [-0.2, -0.15) is 0 Å². The zero-order valence-electron chi connectivity index (χ0n) is 15.0. The monoisotopic (exact) mass is 417 g/mol. The van der Waals surface area contributed by atoms with E-state index in [2.05, 4.69) is 33.4 Å². The third-order valence-electron chi connectivity index (χ3n) is 4.77. The van der Waals surface area contributed by atoms with Gasteiger partial charge in [-0.25, -0.2) is 0 Å². The Morgan fingerprint density at radius 3 is 2.54 bits per heavy atom. The number of nitrogens with one attached hydrogen (secondary N) is 1. The Labute approximate surface area is 162 Å². The Morgan fingerprint density at radius 2 is 1.88 bits per heavy atom. The highest BCUT2D eigenvalue weighted by molar-refractivity contribution is 9.10. The van der Waals surface area contributed by atoms with Crippen molar-refractivity contribution in [3.63, 3.8) is 0 Å². The number of ether oxygens (including phenoxy) is 1. The lowest BCUT2D eigenvalue weighted by Crippen LogP contribution is -2.36. The second-order valence-corrected chi connectivity index (χ2v) is 7.85. The van der Waals surface area contributed by atoms with E-state index in [0.717, 1.165) is 27.8 Å². The van der Waals surface area contributed by atoms with Crippen molar-refractivity contribution >= 4 is 21.8 Å². The van der Waals surface area contributed by atoms with E-state index >= 15 is 0 Å². The zero-order valence-corrected chi connectivity index (χ0v) is 16.6. The van der Waals surface area contributed by atoms with Gasteiger partial charge in [0.05, 0.1) is 0 Å². The van der Waals surface area contributed by atoms with Crippen LogP contribution < -0.4 is 10.1 Å². The summed E-state index contributed by atoms with van der Waals surface area (Å²) in [4.78, 5) is 12.3. The van der Waals surface area contributed by atoms with Crippen LogP contribution >= 0.6 is 15.9 Å². The average Bonchev–Trinajstić information content (AvgIpc) is 3.40. The van der Waals surface area contributed by atoms with Gasteiger partial charge < -0.3 is 15.2 Å². The molecule has 26 heavy (non-hydrogen) atoms. The number of amides is 1. The van der Waals surface area contributed by atoms with Gasteiger partial charge in [0, 0.05) is 16.9 Å². The Morgan fingerprint density at radius 1 is 1.23 bits per heavy atom. The van der Waals surface area contributed by atoms with Gasteiger partial charge in [0.25, 0.3) is 0 Å². The van der Waals surface area contributed by atoms with Gasteiger partial charge in [-0.1, -0.05) is 46.3 Å². The molecule has 0 radical (unpaired) electrons. The molecule has 1 saturated carbocycles. The summed E-state index contributed by atoms with van der Waals surface area (Å²) in [5, 5.41) is 13.0. The summed E-state index contributed by atoms with van der Waals surface area (Å²) in [5.41, 5.74) is 3.26. The van der Waals surface area contributed by atoms with Crippen molar-refractivity contribution in [3.8, 4) is 5.75 Å². The summed E-state index contributed by atoms with van der Waals surface area (Å²) < 4.78 is 6.77. The van der Waals surface area contributed by atoms with Gasteiger partial charge in [0.15, 0.2) is 0 Å². The normalized spacial score (nSPS) is 19.7. The van der Waals surface area contributed by atoms with Gasteiger partial charge in [0.1, 0.15) is 18.5 Å². The number of para-hydroxylation sites is 1. The Bertz CT molecular complexity index is 755. The second kappa shape index (κ2) is 8.23. The highest BCUT2D eigenvalue weighted by atomic mass is 79.9. The highest BCUT2D eigenvalue weighted by Crippen LogP contribution is 2.47. The first-order valence-corrected chi connectivity index (χ1v) is 9.65. The summed E-state index contributed by atoms with van der Waals surface area (Å²) in [6.45, 7) is 4.32. The third-order valence-corrected chi connectivity index (χ3v) is 5.29. The molecule has 2 aromatic rings. The third kappa shape index (κ3) is 4.65. The van der Waals surface area contributed by atoms with Crippen molar-refractivity contribution in [1.82, 2.24) is 5.32 Å². The number of halogens is 1. The molecule has 2 N–H and O–H groups in total. The first kappa shape index (κ1) is 18.9. The molecular formula is C21H24BrNO3. The molecule has 0 heterocycles. The molecule has 138 valence electrons. The summed E-state index contributed by atoms with van der Waals surface area (Å²) in [6.07, 6.45) is 0.130. The Balaban J connectivity index is 1.43. The van der Waals surface area contributed by atoms with Gasteiger partial charge in [-0.05, 0) is 55.0 Å². The smallest absolute Gasteiger partial charge is 0.223 e. The van der Waals surface area contributed by atoms with E-state index in [1.54, 1.807) is 0 Å². The number of aryl methyl sites for hydroxylation is 2. The lowest BCUT2D eigenvalue weighted by molar-refractivity contribution is -0.122. The van der Waals surface area contributed by atoms with Crippen LogP contribution in [0.2, 0.25) is 0 Å². The van der Waals surface area contributed by atoms with E-state index in [4.69, 9.17) is 4.74 Å². The van der Waals surface area contributed by atoms with Crippen LogP contribution in [0.15, 0.2) is 46.9 Å². The minimum Gasteiger partial charge on any atom is -0.490 e. The molecule has 0 spiro atoms. The number of benzene rings is 2. The lowest BCUT2D eigenvalue weighted by Gasteiger charge is -2.16. The van der Waals surface area contributed by atoms with Crippen LogP contribution in [-0.4, -0.2) is 30.3 Å². The van der Waals surface area contributed by atoms with Crippen molar-refractivity contribution in [2.24, 2.45) is 5.92 Å². The van der Waals surface area contributed by atoms with E-state index in [0.29, 0.717) is 0 Å². The summed E-state index contributed by atoms with van der Waals surface area (Å²) in [6, 6.07) is 14.0. The molecule has 0 aromatic heterocycles. The SMILES string of the molecule is Cc1cccc(C)c1OCC(O)CNC(=O)C1CC1c1ccc(Br)cc1. The molecule has 3 rings (SSSR count). The maximum Gasteiger partial charge on any atom is 0.223 e. The first-order valence-electron chi connectivity index (χ1n) is 8.86. The predicted octanol–water partition coefficient (Wildman–Crippen LogP) is 3.73. The number of aliphatic hydroxyl groups is 1. The number of carbonyl (C=O) groups excluding carboxylic acids is 1. The number of carbonyl (C=O) groups is 1. The van der Waals surface area contributed by atoms with Gasteiger partial charge >= 0.3 is 0 Å². The molecule has 0 bridgehead atoms. The maximum atomic E-state index is 12.3. The minimum atomic E-state index is -0.733. The van der Waals surface area contributed by atoms with Crippen molar-refractivity contribution in [2.45, 2.75) is 32.3 Å². The number of hydrogen-bond donors (Lipinski definition) is 2. The first-order chi connectivity index (χ1) is 12.5. The van der Waals surface area contributed by atoms with E-state index in [-0.39, 0.29) is 30.9 Å². The molecule has 1 aliphatic rings. The predicted molar refractivity (Wildman–Crippen MR) is 105 cm³/mol. The molecule has 4 nitrogen and oxygen atoms in total. The number of hydrogen-bond acceptors (Lipinski definition) is 3. The Hall–Kier alpha value is -1.85. The summed E-state index contributed by atoms with van der Waals surface area (Å²) >= 11 is 3.42. The van der Waals surface area contributed by atoms with Crippen molar-refractivity contribution < 1.29 is 14.6 Å². The van der Waals surface area contributed by atoms with E-state index in [1.807, 2.05) is 44.2 Å². The fourth-order valence-corrected chi connectivity index (χ4v) is 3.44. The largest absolute Gasteiger partial charge is 0.490 e. The van der Waals surface area contributed by atoms with Crippen molar-refractivity contribution in [3.05, 3.63) is 63.6 Å². The van der Waals surface area contributed by atoms with Crippen LogP contribution in [0.1, 0.15) is 29.0 Å². The zero-order chi connectivity index (χ0) is 18.7.